The minimum Gasteiger partial charge on any atom is -0.482 e. The average molecular weight is 288 g/mol. The van der Waals surface area contributed by atoms with Crippen molar-refractivity contribution in [1.82, 2.24) is 0 Å². The van der Waals surface area contributed by atoms with Gasteiger partial charge in [-0.15, -0.1) is 0 Å². The molecule has 1 aromatic carbocycles. The normalized spacial score (nSPS) is 26.6. The molecule has 0 heterocycles. The SMILES string of the molecule is CC(=O)c1ccc(OCC(=O)OC2CC3CCC2C3)cc1. The van der Waals surface area contributed by atoms with Crippen LogP contribution in [0.3, 0.4) is 0 Å². The van der Waals surface area contributed by atoms with Crippen LogP contribution >= 0.6 is 0 Å². The first-order chi connectivity index (χ1) is 10.1. The van der Waals surface area contributed by atoms with E-state index < -0.39 is 0 Å². The zero-order valence-electron chi connectivity index (χ0n) is 12.2. The number of carbonyl (C=O) groups excluding carboxylic acids is 2. The first-order valence-electron chi connectivity index (χ1n) is 7.55. The van der Waals surface area contributed by atoms with Gasteiger partial charge in [-0.25, -0.2) is 4.79 Å². The van der Waals surface area contributed by atoms with E-state index in [0.29, 0.717) is 17.2 Å². The van der Waals surface area contributed by atoms with Crippen molar-refractivity contribution in [3.05, 3.63) is 29.8 Å². The van der Waals surface area contributed by atoms with E-state index in [1.165, 1.54) is 26.2 Å². The second kappa shape index (κ2) is 5.88. The van der Waals surface area contributed by atoms with Crippen molar-refractivity contribution in [2.75, 3.05) is 6.61 Å². The van der Waals surface area contributed by atoms with Gasteiger partial charge in [-0.3, -0.25) is 4.79 Å². The monoisotopic (exact) mass is 288 g/mol. The largest absolute Gasteiger partial charge is 0.482 e. The summed E-state index contributed by atoms with van der Waals surface area (Å²) in [6.07, 6.45) is 4.81. The van der Waals surface area contributed by atoms with Crippen molar-refractivity contribution in [2.24, 2.45) is 11.8 Å². The highest BCUT2D eigenvalue weighted by molar-refractivity contribution is 5.94. The minimum atomic E-state index is -0.303. The second-order valence-corrected chi connectivity index (χ2v) is 6.07. The fourth-order valence-corrected chi connectivity index (χ4v) is 3.46. The molecule has 21 heavy (non-hydrogen) atoms. The van der Waals surface area contributed by atoms with Gasteiger partial charge in [-0.2, -0.15) is 0 Å². The Labute approximate surface area is 124 Å². The van der Waals surface area contributed by atoms with E-state index in [9.17, 15) is 9.59 Å². The van der Waals surface area contributed by atoms with E-state index in [0.717, 1.165) is 12.3 Å². The lowest BCUT2D eigenvalue weighted by molar-refractivity contribution is -0.153. The molecule has 112 valence electrons. The molecule has 2 aliphatic rings. The summed E-state index contributed by atoms with van der Waals surface area (Å²) >= 11 is 0. The second-order valence-electron chi connectivity index (χ2n) is 6.07. The lowest BCUT2D eigenvalue weighted by Gasteiger charge is -2.21. The van der Waals surface area contributed by atoms with Gasteiger partial charge in [-0.1, -0.05) is 0 Å². The molecule has 0 aliphatic heterocycles. The third kappa shape index (κ3) is 3.26. The number of benzene rings is 1. The van der Waals surface area contributed by atoms with Crippen LogP contribution in [-0.4, -0.2) is 24.5 Å². The van der Waals surface area contributed by atoms with Crippen LogP contribution in [-0.2, 0) is 9.53 Å². The van der Waals surface area contributed by atoms with Gasteiger partial charge in [0.15, 0.2) is 12.4 Å². The van der Waals surface area contributed by atoms with Gasteiger partial charge < -0.3 is 9.47 Å². The maximum Gasteiger partial charge on any atom is 0.344 e. The molecule has 4 nitrogen and oxygen atoms in total. The van der Waals surface area contributed by atoms with Crippen molar-refractivity contribution in [3.63, 3.8) is 0 Å². The predicted molar refractivity (Wildman–Crippen MR) is 77.3 cm³/mol. The number of carbonyl (C=O) groups is 2. The van der Waals surface area contributed by atoms with Gasteiger partial charge in [-0.05, 0) is 68.7 Å². The predicted octanol–water partition coefficient (Wildman–Crippen LogP) is 3.00. The number of hydrogen-bond donors (Lipinski definition) is 0. The number of ketones is 1. The fraction of sp³-hybridized carbons (Fsp3) is 0.529. The zero-order valence-corrected chi connectivity index (χ0v) is 12.2. The van der Waals surface area contributed by atoms with Crippen molar-refractivity contribution in [2.45, 2.75) is 38.7 Å². The van der Waals surface area contributed by atoms with E-state index in [4.69, 9.17) is 9.47 Å². The van der Waals surface area contributed by atoms with Gasteiger partial charge >= 0.3 is 5.97 Å². The highest BCUT2D eigenvalue weighted by Crippen LogP contribution is 2.45. The molecular weight excluding hydrogens is 268 g/mol. The quantitative estimate of drug-likeness (QED) is 0.617. The van der Waals surface area contributed by atoms with E-state index in [-0.39, 0.29) is 24.5 Å². The van der Waals surface area contributed by atoms with Gasteiger partial charge in [0.25, 0.3) is 0 Å². The highest BCUT2D eigenvalue weighted by Gasteiger charge is 2.41. The van der Waals surface area contributed by atoms with Crippen LogP contribution in [0.1, 0.15) is 43.0 Å². The molecule has 0 aromatic heterocycles. The number of fused-ring (bicyclic) bond motifs is 2. The molecule has 0 spiro atoms. The lowest BCUT2D eigenvalue weighted by Crippen LogP contribution is -2.27. The van der Waals surface area contributed by atoms with E-state index in [2.05, 4.69) is 0 Å². The molecule has 2 saturated carbocycles. The molecule has 2 bridgehead atoms. The third-order valence-corrected chi connectivity index (χ3v) is 4.57. The molecule has 0 radical (unpaired) electrons. The molecule has 3 unspecified atom stereocenters. The smallest absolute Gasteiger partial charge is 0.344 e. The number of ether oxygens (including phenoxy) is 2. The number of Topliss-reactive ketones (excluding diaryl/α,β-unsaturated/α-hetero) is 1. The Bertz CT molecular complexity index is 534. The molecule has 0 amide bonds. The Kier molecular flexibility index (Phi) is 3.95. The number of esters is 1. The van der Waals surface area contributed by atoms with E-state index in [1.807, 2.05) is 0 Å². The zero-order chi connectivity index (χ0) is 14.8. The van der Waals surface area contributed by atoms with Crippen LogP contribution in [0.2, 0.25) is 0 Å². The van der Waals surface area contributed by atoms with Crippen molar-refractivity contribution < 1.29 is 19.1 Å². The summed E-state index contributed by atoms with van der Waals surface area (Å²) in [5.41, 5.74) is 0.631. The van der Waals surface area contributed by atoms with Crippen molar-refractivity contribution in [3.8, 4) is 5.75 Å². The van der Waals surface area contributed by atoms with Crippen LogP contribution in [0.25, 0.3) is 0 Å². The minimum absolute atomic E-state index is 0.0113. The number of hydrogen-bond acceptors (Lipinski definition) is 4. The summed E-state index contributed by atoms with van der Waals surface area (Å²) in [5, 5.41) is 0. The fourth-order valence-electron chi connectivity index (χ4n) is 3.46. The van der Waals surface area contributed by atoms with Crippen LogP contribution in [0, 0.1) is 11.8 Å². The topological polar surface area (TPSA) is 52.6 Å². The molecule has 3 rings (SSSR count). The Morgan fingerprint density at radius 3 is 2.48 bits per heavy atom. The van der Waals surface area contributed by atoms with E-state index >= 15 is 0 Å². The standard InChI is InChI=1S/C17H20O4/c1-11(18)13-4-6-15(7-5-13)20-10-17(19)21-16-9-12-2-3-14(16)8-12/h4-7,12,14,16H,2-3,8-10H2,1H3. The third-order valence-electron chi connectivity index (χ3n) is 4.57. The van der Waals surface area contributed by atoms with Crippen molar-refractivity contribution >= 4 is 11.8 Å². The maximum atomic E-state index is 11.8. The summed E-state index contributed by atoms with van der Waals surface area (Å²) in [7, 11) is 0. The lowest BCUT2D eigenvalue weighted by atomic mass is 9.98. The summed E-state index contributed by atoms with van der Waals surface area (Å²) in [4.78, 5) is 23.0. The molecule has 0 N–H and O–H groups in total. The molecule has 1 aromatic rings. The summed E-state index contributed by atoms with van der Waals surface area (Å²) in [6, 6.07) is 6.78. The Balaban J connectivity index is 1.46. The molecule has 0 saturated heterocycles. The molecule has 4 heteroatoms. The van der Waals surface area contributed by atoms with Gasteiger partial charge in [0, 0.05) is 5.56 Å². The average Bonchev–Trinajstić information content (AvgIpc) is 3.08. The first kappa shape index (κ1) is 14.1. The van der Waals surface area contributed by atoms with Crippen LogP contribution < -0.4 is 4.74 Å². The summed E-state index contributed by atoms with van der Waals surface area (Å²) < 4.78 is 10.9. The van der Waals surface area contributed by atoms with E-state index in [1.54, 1.807) is 24.3 Å². The van der Waals surface area contributed by atoms with Crippen LogP contribution in [0.5, 0.6) is 5.75 Å². The molecular formula is C17H20O4. The number of rotatable bonds is 5. The first-order valence-corrected chi connectivity index (χ1v) is 7.55. The van der Waals surface area contributed by atoms with Crippen molar-refractivity contribution in [1.29, 1.82) is 0 Å². The highest BCUT2D eigenvalue weighted by atomic mass is 16.6. The maximum absolute atomic E-state index is 11.8. The Morgan fingerprint density at radius 2 is 1.90 bits per heavy atom. The van der Waals surface area contributed by atoms with Crippen LogP contribution in [0.4, 0.5) is 0 Å². The Hall–Kier alpha value is -1.84. The van der Waals surface area contributed by atoms with Gasteiger partial charge in [0.1, 0.15) is 11.9 Å². The van der Waals surface area contributed by atoms with Gasteiger partial charge in [0.2, 0.25) is 0 Å². The van der Waals surface area contributed by atoms with Crippen LogP contribution in [0.15, 0.2) is 24.3 Å². The molecule has 3 atom stereocenters. The summed E-state index contributed by atoms with van der Waals surface area (Å²) in [5.74, 6) is 1.60. The molecule has 2 fully saturated rings. The molecule has 2 aliphatic carbocycles. The Morgan fingerprint density at radius 1 is 1.14 bits per heavy atom. The summed E-state index contributed by atoms with van der Waals surface area (Å²) in [6.45, 7) is 1.44. The van der Waals surface area contributed by atoms with Gasteiger partial charge in [0.05, 0.1) is 0 Å².